The summed E-state index contributed by atoms with van der Waals surface area (Å²) < 4.78 is 66.8. The summed E-state index contributed by atoms with van der Waals surface area (Å²) >= 11 is 12.0. The topological polar surface area (TPSA) is 61.9 Å². The molecule has 0 amide bonds. The number of benzene rings is 1. The smallest absolute Gasteiger partial charge is 0.490 e. The molecule has 182 valence electrons. The molecule has 2 saturated heterocycles. The van der Waals surface area contributed by atoms with Crippen LogP contribution in [0.15, 0.2) is 18.2 Å². The van der Waals surface area contributed by atoms with Gasteiger partial charge in [-0.25, -0.2) is 13.1 Å². The third kappa shape index (κ3) is 7.36. The number of rotatable bonds is 8. The van der Waals surface area contributed by atoms with Gasteiger partial charge in [0.15, 0.2) is 0 Å². The Labute approximate surface area is 197 Å². The Morgan fingerprint density at radius 1 is 1.00 bits per heavy atom. The first kappa shape index (κ1) is 25.8. The van der Waals surface area contributed by atoms with Crippen LogP contribution in [0.25, 0.3) is 0 Å². The normalized spacial score (nSPS) is 20.5. The van der Waals surface area contributed by atoms with Crippen molar-refractivity contribution >= 4 is 33.2 Å². The Hall–Kier alpha value is -0.780. The molecule has 1 aromatic rings. The molecule has 0 aromatic heterocycles. The standard InChI is InChI=1S/C20H28Cl2F3N3O3S/c21-18-2-1-17(13-19(18)22)31-16-5-10-28(11-6-16)14-15-3-8-27(9-4-15)12-7-26-32(29,30)20(23,24)25/h1-2,13,15-16,26H,3-12,14H2. The zero-order valence-corrected chi connectivity index (χ0v) is 19.9. The van der Waals surface area contributed by atoms with E-state index in [9.17, 15) is 21.6 Å². The maximum Gasteiger partial charge on any atom is 0.511 e. The average Bonchev–Trinajstić information content (AvgIpc) is 2.72. The molecule has 2 aliphatic rings. The summed E-state index contributed by atoms with van der Waals surface area (Å²) in [5, 5.41) is 0.980. The fourth-order valence-corrected chi connectivity index (χ4v) is 4.94. The molecule has 0 unspecified atom stereocenters. The highest BCUT2D eigenvalue weighted by Gasteiger charge is 2.45. The fourth-order valence-electron chi connectivity index (χ4n) is 4.13. The summed E-state index contributed by atoms with van der Waals surface area (Å²) in [6.07, 6.45) is 3.90. The maximum atomic E-state index is 12.3. The van der Waals surface area contributed by atoms with Crippen LogP contribution < -0.4 is 9.46 Å². The van der Waals surface area contributed by atoms with Crippen LogP contribution in [0.4, 0.5) is 13.2 Å². The Bertz CT molecular complexity index is 857. The lowest BCUT2D eigenvalue weighted by molar-refractivity contribution is -0.0448. The summed E-state index contributed by atoms with van der Waals surface area (Å²) in [6.45, 7) is 4.45. The largest absolute Gasteiger partial charge is 0.511 e. The summed E-state index contributed by atoms with van der Waals surface area (Å²) in [5.74, 6) is 1.26. The number of nitrogens with zero attached hydrogens (tertiary/aromatic N) is 2. The van der Waals surface area contributed by atoms with Crippen molar-refractivity contribution in [2.75, 3.05) is 45.8 Å². The first-order valence-corrected chi connectivity index (χ1v) is 12.9. The Balaban J connectivity index is 1.32. The van der Waals surface area contributed by atoms with E-state index < -0.39 is 15.5 Å². The summed E-state index contributed by atoms with van der Waals surface area (Å²) in [4.78, 5) is 4.44. The molecule has 0 atom stereocenters. The minimum atomic E-state index is -5.26. The van der Waals surface area contributed by atoms with Crippen molar-refractivity contribution in [3.05, 3.63) is 28.2 Å². The second-order valence-corrected chi connectivity index (χ2v) is 10.9. The van der Waals surface area contributed by atoms with E-state index in [0.717, 1.165) is 64.2 Å². The third-order valence-corrected chi connectivity index (χ3v) is 7.91. The first-order valence-electron chi connectivity index (χ1n) is 10.7. The van der Waals surface area contributed by atoms with E-state index in [1.807, 2.05) is 11.0 Å². The molecule has 2 aliphatic heterocycles. The van der Waals surface area contributed by atoms with Gasteiger partial charge in [-0.2, -0.15) is 13.2 Å². The van der Waals surface area contributed by atoms with Crippen LogP contribution in [0.5, 0.6) is 5.75 Å². The Kier molecular flexibility index (Phi) is 8.96. The van der Waals surface area contributed by atoms with Crippen molar-refractivity contribution in [3.63, 3.8) is 0 Å². The minimum Gasteiger partial charge on any atom is -0.490 e. The molecule has 3 rings (SSSR count). The molecule has 12 heteroatoms. The number of ether oxygens (including phenoxy) is 1. The second kappa shape index (κ2) is 11.1. The van der Waals surface area contributed by atoms with Gasteiger partial charge < -0.3 is 14.5 Å². The van der Waals surface area contributed by atoms with E-state index in [0.29, 0.717) is 16.0 Å². The number of nitrogens with one attached hydrogen (secondary N) is 1. The number of alkyl halides is 3. The van der Waals surface area contributed by atoms with Gasteiger partial charge in [-0.3, -0.25) is 0 Å². The van der Waals surface area contributed by atoms with Gasteiger partial charge in [0.05, 0.1) is 10.0 Å². The van der Waals surface area contributed by atoms with Crippen molar-refractivity contribution in [2.24, 2.45) is 5.92 Å². The molecule has 2 fully saturated rings. The molecule has 0 aliphatic carbocycles. The SMILES string of the molecule is O=S(=O)(NCCN1CCC(CN2CCC(Oc3ccc(Cl)c(Cl)c3)CC2)CC1)C(F)(F)F. The fraction of sp³-hybridized carbons (Fsp3) is 0.700. The number of sulfonamides is 1. The molecule has 6 nitrogen and oxygen atoms in total. The van der Waals surface area contributed by atoms with Gasteiger partial charge in [0.25, 0.3) is 0 Å². The van der Waals surface area contributed by atoms with Crippen molar-refractivity contribution in [3.8, 4) is 5.75 Å². The van der Waals surface area contributed by atoms with Gasteiger partial charge in [0.2, 0.25) is 0 Å². The molecule has 0 bridgehead atoms. The lowest BCUT2D eigenvalue weighted by Crippen LogP contribution is -2.45. The molecular weight excluding hydrogens is 490 g/mol. The summed E-state index contributed by atoms with van der Waals surface area (Å²) in [6, 6.07) is 5.28. The highest BCUT2D eigenvalue weighted by Crippen LogP contribution is 2.28. The Morgan fingerprint density at radius 3 is 2.22 bits per heavy atom. The van der Waals surface area contributed by atoms with E-state index in [1.54, 1.807) is 16.9 Å². The van der Waals surface area contributed by atoms with Crippen LogP contribution in [0.1, 0.15) is 25.7 Å². The van der Waals surface area contributed by atoms with Crippen LogP contribution in [0.2, 0.25) is 10.0 Å². The van der Waals surface area contributed by atoms with E-state index in [-0.39, 0.29) is 19.2 Å². The zero-order valence-electron chi connectivity index (χ0n) is 17.6. The number of piperidine rings is 2. The summed E-state index contributed by atoms with van der Waals surface area (Å²) in [7, 11) is -5.26. The number of likely N-dealkylation sites (tertiary alicyclic amines) is 2. The number of halogens is 5. The molecule has 0 saturated carbocycles. The highest BCUT2D eigenvalue weighted by molar-refractivity contribution is 7.90. The third-order valence-electron chi connectivity index (χ3n) is 5.98. The maximum absolute atomic E-state index is 12.3. The monoisotopic (exact) mass is 517 g/mol. The molecule has 1 N–H and O–H groups in total. The second-order valence-electron chi connectivity index (χ2n) is 8.32. The molecule has 2 heterocycles. The van der Waals surface area contributed by atoms with Crippen LogP contribution >= 0.6 is 23.2 Å². The highest BCUT2D eigenvalue weighted by atomic mass is 35.5. The van der Waals surface area contributed by atoms with E-state index in [4.69, 9.17) is 27.9 Å². The van der Waals surface area contributed by atoms with E-state index in [2.05, 4.69) is 4.90 Å². The van der Waals surface area contributed by atoms with E-state index in [1.165, 1.54) is 0 Å². The van der Waals surface area contributed by atoms with Gasteiger partial charge in [0, 0.05) is 38.8 Å². The van der Waals surface area contributed by atoms with Gasteiger partial charge in [-0.15, -0.1) is 0 Å². The molecule has 1 aromatic carbocycles. The van der Waals surface area contributed by atoms with Crippen molar-refractivity contribution < 1.29 is 26.3 Å². The molecule has 32 heavy (non-hydrogen) atoms. The quantitative estimate of drug-likeness (QED) is 0.564. The summed E-state index contributed by atoms with van der Waals surface area (Å²) in [5.41, 5.74) is -5.26. The molecule has 0 radical (unpaired) electrons. The van der Waals surface area contributed by atoms with Gasteiger partial charge in [0.1, 0.15) is 11.9 Å². The molecule has 0 spiro atoms. The minimum absolute atomic E-state index is 0.144. The lowest BCUT2D eigenvalue weighted by Gasteiger charge is -2.37. The van der Waals surface area contributed by atoms with Crippen molar-refractivity contribution in [1.29, 1.82) is 0 Å². The average molecular weight is 518 g/mol. The first-order chi connectivity index (χ1) is 15.0. The van der Waals surface area contributed by atoms with Crippen LogP contribution in [0, 0.1) is 5.92 Å². The predicted molar refractivity (Wildman–Crippen MR) is 119 cm³/mol. The molecular formula is C20H28Cl2F3N3O3S. The van der Waals surface area contributed by atoms with Gasteiger partial charge >= 0.3 is 15.5 Å². The van der Waals surface area contributed by atoms with Crippen LogP contribution in [-0.2, 0) is 10.0 Å². The van der Waals surface area contributed by atoms with E-state index >= 15 is 0 Å². The predicted octanol–water partition coefficient (Wildman–Crippen LogP) is 3.99. The van der Waals surface area contributed by atoms with Crippen LogP contribution in [-0.4, -0.2) is 75.6 Å². The zero-order chi connectivity index (χ0) is 23.4. The van der Waals surface area contributed by atoms with Crippen molar-refractivity contribution in [2.45, 2.75) is 37.3 Å². The Morgan fingerprint density at radius 2 is 1.62 bits per heavy atom. The number of hydrogen-bond donors (Lipinski definition) is 1. The van der Waals surface area contributed by atoms with Crippen molar-refractivity contribution in [1.82, 2.24) is 14.5 Å². The van der Waals surface area contributed by atoms with Crippen LogP contribution in [0.3, 0.4) is 0 Å². The van der Waals surface area contributed by atoms with Gasteiger partial charge in [-0.1, -0.05) is 23.2 Å². The van der Waals surface area contributed by atoms with Gasteiger partial charge in [-0.05, 0) is 56.8 Å². The number of hydrogen-bond acceptors (Lipinski definition) is 5. The lowest BCUT2D eigenvalue weighted by atomic mass is 9.95.